The van der Waals surface area contributed by atoms with E-state index in [1.54, 1.807) is 12.2 Å². The van der Waals surface area contributed by atoms with Crippen molar-refractivity contribution in [2.45, 2.75) is 51.0 Å². The molecular weight excluding hydrogens is 308 g/mol. The molecule has 0 aromatic heterocycles. The van der Waals surface area contributed by atoms with Crippen LogP contribution in [0, 0.1) is 5.41 Å². The first-order chi connectivity index (χ1) is 8.92. The molecule has 0 aromatic rings. The Balaban J connectivity index is 2.70. The molecule has 0 radical (unpaired) electrons. The summed E-state index contributed by atoms with van der Waals surface area (Å²) in [6.07, 6.45) is 6.86. The summed E-state index contributed by atoms with van der Waals surface area (Å²) in [5.74, 6) is 0.649. The maximum Gasteiger partial charge on any atom is 0.142 e. The van der Waals surface area contributed by atoms with Gasteiger partial charge in [0.1, 0.15) is 11.5 Å². The van der Waals surface area contributed by atoms with Crippen LogP contribution in [-0.4, -0.2) is 28.4 Å². The summed E-state index contributed by atoms with van der Waals surface area (Å²) in [6, 6.07) is 0. The van der Waals surface area contributed by atoms with E-state index < -0.39 is 11.5 Å². The van der Waals surface area contributed by atoms with Crippen molar-refractivity contribution in [1.29, 1.82) is 0 Å². The topological polar surface area (TPSA) is 46.5 Å². The van der Waals surface area contributed by atoms with E-state index in [1.165, 1.54) is 6.92 Å². The molecule has 1 N–H and O–H groups in total. The second kappa shape index (κ2) is 7.25. The van der Waals surface area contributed by atoms with Crippen LogP contribution in [0.2, 0.25) is 0 Å². The number of allylic oxidation sites excluding steroid dienone is 1. The van der Waals surface area contributed by atoms with Crippen molar-refractivity contribution >= 4 is 21.7 Å². The summed E-state index contributed by atoms with van der Waals surface area (Å²) in [5.41, 5.74) is -0.773. The minimum atomic E-state index is -0.800. The van der Waals surface area contributed by atoms with Crippen LogP contribution >= 0.6 is 15.9 Å². The van der Waals surface area contributed by atoms with E-state index in [0.717, 1.165) is 12.8 Å². The van der Waals surface area contributed by atoms with Crippen molar-refractivity contribution in [3.63, 3.8) is 0 Å². The second-order valence-corrected chi connectivity index (χ2v) is 6.67. The molecule has 19 heavy (non-hydrogen) atoms. The van der Waals surface area contributed by atoms with Crippen molar-refractivity contribution in [2.75, 3.05) is 6.61 Å². The average molecular weight is 331 g/mol. The van der Waals surface area contributed by atoms with E-state index in [9.17, 15) is 9.90 Å². The number of ether oxygens (including phenoxy) is 1. The average Bonchev–Trinajstić information content (AvgIpc) is 2.32. The molecule has 0 amide bonds. The smallest absolute Gasteiger partial charge is 0.142 e. The molecule has 1 aliphatic rings. The van der Waals surface area contributed by atoms with Crippen LogP contribution in [0.25, 0.3) is 0 Å². The summed E-state index contributed by atoms with van der Waals surface area (Å²) < 4.78 is 5.59. The number of carbonyl (C=O) groups excluding carboxylic acids is 1. The summed E-state index contributed by atoms with van der Waals surface area (Å²) in [5, 5.41) is 10.3. The maximum absolute atomic E-state index is 11.8. The van der Waals surface area contributed by atoms with Gasteiger partial charge in [0.25, 0.3) is 0 Å². The first-order valence-corrected chi connectivity index (χ1v) is 7.71. The Kier molecular flexibility index (Phi) is 6.27. The van der Waals surface area contributed by atoms with Gasteiger partial charge in [0.05, 0.1) is 18.1 Å². The lowest BCUT2D eigenvalue weighted by Gasteiger charge is -2.34. The van der Waals surface area contributed by atoms with Gasteiger partial charge in [0, 0.05) is 4.83 Å². The molecule has 0 spiro atoms. The van der Waals surface area contributed by atoms with Gasteiger partial charge < -0.3 is 9.84 Å². The third kappa shape index (κ3) is 4.18. The SMILES string of the molecule is CCCC1(C(C)=O)C=CC(OCCC(C)Br)=CC1O. The molecule has 3 atom stereocenters. The normalized spacial score (nSPS) is 27.8. The van der Waals surface area contributed by atoms with E-state index in [1.807, 2.05) is 13.0 Å². The summed E-state index contributed by atoms with van der Waals surface area (Å²) >= 11 is 3.46. The molecule has 0 saturated carbocycles. The first kappa shape index (κ1) is 16.4. The van der Waals surface area contributed by atoms with Crippen molar-refractivity contribution in [1.82, 2.24) is 0 Å². The molecule has 0 heterocycles. The fraction of sp³-hybridized carbons (Fsp3) is 0.667. The number of alkyl halides is 1. The van der Waals surface area contributed by atoms with Crippen LogP contribution in [0.1, 0.15) is 40.0 Å². The van der Waals surface area contributed by atoms with Crippen molar-refractivity contribution in [2.24, 2.45) is 5.41 Å². The third-order valence-corrected chi connectivity index (χ3v) is 3.96. The highest BCUT2D eigenvalue weighted by atomic mass is 79.9. The number of Topliss-reactive ketones (excluding diaryl/α,β-unsaturated/α-hetero) is 1. The monoisotopic (exact) mass is 330 g/mol. The molecule has 3 nitrogen and oxygen atoms in total. The number of hydrogen-bond donors (Lipinski definition) is 1. The van der Waals surface area contributed by atoms with Crippen LogP contribution < -0.4 is 0 Å². The highest BCUT2D eigenvalue weighted by Crippen LogP contribution is 2.36. The number of ketones is 1. The minimum Gasteiger partial charge on any atom is -0.494 e. The predicted octanol–water partition coefficient (Wildman–Crippen LogP) is 3.37. The Bertz CT molecular complexity index is 374. The number of rotatable bonds is 7. The Labute approximate surface area is 123 Å². The van der Waals surface area contributed by atoms with Gasteiger partial charge in [-0.2, -0.15) is 0 Å². The Morgan fingerprint density at radius 3 is 2.79 bits per heavy atom. The summed E-state index contributed by atoms with van der Waals surface area (Å²) in [6.45, 7) is 6.20. The fourth-order valence-electron chi connectivity index (χ4n) is 2.27. The number of halogens is 1. The molecule has 4 heteroatoms. The van der Waals surface area contributed by atoms with Crippen LogP contribution in [0.3, 0.4) is 0 Å². The molecule has 1 aliphatic carbocycles. The minimum absolute atomic E-state index is 0.00230. The Morgan fingerprint density at radius 2 is 2.32 bits per heavy atom. The number of hydrogen-bond acceptors (Lipinski definition) is 3. The summed E-state index contributed by atoms with van der Waals surface area (Å²) in [4.78, 5) is 12.2. The van der Waals surface area contributed by atoms with Gasteiger partial charge in [-0.25, -0.2) is 0 Å². The predicted molar refractivity (Wildman–Crippen MR) is 80.2 cm³/mol. The van der Waals surface area contributed by atoms with E-state index in [2.05, 4.69) is 22.9 Å². The lowest BCUT2D eigenvalue weighted by atomic mass is 9.72. The van der Waals surface area contributed by atoms with Gasteiger partial charge in [-0.05, 0) is 31.9 Å². The van der Waals surface area contributed by atoms with Gasteiger partial charge in [0.2, 0.25) is 0 Å². The molecule has 0 aliphatic heterocycles. The molecular formula is C15H23BrO3. The quantitative estimate of drug-likeness (QED) is 0.728. The molecule has 0 saturated heterocycles. The molecule has 0 fully saturated rings. The van der Waals surface area contributed by atoms with Gasteiger partial charge >= 0.3 is 0 Å². The van der Waals surface area contributed by atoms with Gasteiger partial charge in [0.15, 0.2) is 0 Å². The zero-order valence-electron chi connectivity index (χ0n) is 11.9. The molecule has 1 rings (SSSR count). The number of aliphatic hydroxyl groups is 1. The fourth-order valence-corrected chi connectivity index (χ4v) is 2.46. The van der Waals surface area contributed by atoms with Gasteiger partial charge in [-0.1, -0.05) is 42.3 Å². The highest BCUT2D eigenvalue weighted by molar-refractivity contribution is 9.09. The standard InChI is InChI=1S/C15H23BrO3/c1-4-7-15(12(3)17)8-5-13(10-14(15)18)19-9-6-11(2)16/h5,8,10-11,14,18H,4,6-7,9H2,1-3H3. The van der Waals surface area contributed by atoms with Crippen molar-refractivity contribution < 1.29 is 14.6 Å². The summed E-state index contributed by atoms with van der Waals surface area (Å²) in [7, 11) is 0. The molecule has 3 unspecified atom stereocenters. The molecule has 108 valence electrons. The van der Waals surface area contributed by atoms with Crippen molar-refractivity contribution in [3.05, 3.63) is 24.0 Å². The van der Waals surface area contributed by atoms with Crippen LogP contribution in [0.5, 0.6) is 0 Å². The van der Waals surface area contributed by atoms with Gasteiger partial charge in [-0.3, -0.25) is 4.79 Å². The highest BCUT2D eigenvalue weighted by Gasteiger charge is 2.40. The molecule has 0 bridgehead atoms. The van der Waals surface area contributed by atoms with Crippen LogP contribution in [-0.2, 0) is 9.53 Å². The van der Waals surface area contributed by atoms with E-state index in [-0.39, 0.29) is 5.78 Å². The first-order valence-electron chi connectivity index (χ1n) is 6.79. The second-order valence-electron chi connectivity index (χ2n) is 5.11. The van der Waals surface area contributed by atoms with E-state index in [0.29, 0.717) is 23.6 Å². The van der Waals surface area contributed by atoms with Crippen LogP contribution in [0.4, 0.5) is 0 Å². The lowest BCUT2D eigenvalue weighted by Crippen LogP contribution is -2.40. The Morgan fingerprint density at radius 1 is 1.63 bits per heavy atom. The third-order valence-electron chi connectivity index (χ3n) is 3.50. The number of carbonyl (C=O) groups is 1. The zero-order valence-corrected chi connectivity index (χ0v) is 13.4. The maximum atomic E-state index is 11.8. The van der Waals surface area contributed by atoms with Gasteiger partial charge in [-0.15, -0.1) is 0 Å². The van der Waals surface area contributed by atoms with Crippen molar-refractivity contribution in [3.8, 4) is 0 Å². The largest absolute Gasteiger partial charge is 0.494 e. The van der Waals surface area contributed by atoms with Crippen LogP contribution in [0.15, 0.2) is 24.0 Å². The zero-order chi connectivity index (χ0) is 14.5. The van der Waals surface area contributed by atoms with E-state index in [4.69, 9.17) is 4.74 Å². The number of aliphatic hydroxyl groups excluding tert-OH is 1. The van der Waals surface area contributed by atoms with E-state index >= 15 is 0 Å². The lowest BCUT2D eigenvalue weighted by molar-refractivity contribution is -0.128. The Hall–Kier alpha value is -0.610. The molecule has 0 aromatic carbocycles.